The number of rotatable bonds is 3. The van der Waals surface area contributed by atoms with Crippen molar-refractivity contribution >= 4 is 22.6 Å². The van der Waals surface area contributed by atoms with Crippen LogP contribution in [0, 0.1) is 11.8 Å². The van der Waals surface area contributed by atoms with Crippen molar-refractivity contribution in [3.63, 3.8) is 0 Å². The highest BCUT2D eigenvalue weighted by molar-refractivity contribution is 5.94. The Kier molecular flexibility index (Phi) is 3.06. The Labute approximate surface area is 128 Å². The zero-order chi connectivity index (χ0) is 15.1. The molecule has 1 heterocycles. The summed E-state index contributed by atoms with van der Waals surface area (Å²) in [5, 5.41) is 5.15. The van der Waals surface area contributed by atoms with Gasteiger partial charge in [-0.15, -0.1) is 0 Å². The SMILES string of the molecule is CCn1c(N/N=C2/C[C@@H]3C=CC[C@H]23)nc2ccccc2c1=O. The van der Waals surface area contributed by atoms with Crippen LogP contribution in [0.25, 0.3) is 10.9 Å². The molecule has 2 aliphatic carbocycles. The van der Waals surface area contributed by atoms with Crippen LogP contribution in [0.2, 0.25) is 0 Å². The summed E-state index contributed by atoms with van der Waals surface area (Å²) < 4.78 is 1.63. The Bertz CT molecular complexity index is 849. The summed E-state index contributed by atoms with van der Waals surface area (Å²) in [6.45, 7) is 2.51. The van der Waals surface area contributed by atoms with E-state index >= 15 is 0 Å². The monoisotopic (exact) mass is 294 g/mol. The van der Waals surface area contributed by atoms with Crippen molar-refractivity contribution in [2.75, 3.05) is 5.43 Å². The number of hydrazone groups is 1. The van der Waals surface area contributed by atoms with Crippen molar-refractivity contribution in [3.05, 3.63) is 46.8 Å². The number of nitrogens with zero attached hydrogens (tertiary/aromatic N) is 3. The molecule has 0 amide bonds. The molecule has 1 N–H and O–H groups in total. The van der Waals surface area contributed by atoms with Crippen molar-refractivity contribution in [3.8, 4) is 0 Å². The third-order valence-corrected chi connectivity index (χ3v) is 4.64. The third-order valence-electron chi connectivity index (χ3n) is 4.64. The van der Waals surface area contributed by atoms with Gasteiger partial charge < -0.3 is 0 Å². The number of para-hydroxylation sites is 1. The first-order valence-corrected chi connectivity index (χ1v) is 7.76. The van der Waals surface area contributed by atoms with Crippen LogP contribution in [-0.4, -0.2) is 15.3 Å². The smallest absolute Gasteiger partial charge is 0.262 e. The third kappa shape index (κ3) is 1.96. The zero-order valence-electron chi connectivity index (χ0n) is 12.5. The van der Waals surface area contributed by atoms with Crippen molar-refractivity contribution in [1.82, 2.24) is 9.55 Å². The van der Waals surface area contributed by atoms with Gasteiger partial charge in [-0.1, -0.05) is 24.3 Å². The molecule has 2 aliphatic rings. The van der Waals surface area contributed by atoms with Gasteiger partial charge in [-0.05, 0) is 37.8 Å². The van der Waals surface area contributed by atoms with Crippen LogP contribution in [0.15, 0.2) is 46.3 Å². The predicted molar refractivity (Wildman–Crippen MR) is 88.1 cm³/mol. The first-order chi connectivity index (χ1) is 10.8. The van der Waals surface area contributed by atoms with E-state index in [4.69, 9.17) is 0 Å². The molecule has 1 aromatic carbocycles. The summed E-state index contributed by atoms with van der Waals surface area (Å²) in [6.07, 6.45) is 6.60. The molecule has 0 saturated heterocycles. The van der Waals surface area contributed by atoms with E-state index in [1.165, 1.54) is 5.71 Å². The molecule has 0 unspecified atom stereocenters. The number of hydrogen-bond donors (Lipinski definition) is 1. The van der Waals surface area contributed by atoms with Crippen LogP contribution in [0.5, 0.6) is 0 Å². The average Bonchev–Trinajstić information content (AvgIpc) is 2.89. The summed E-state index contributed by atoms with van der Waals surface area (Å²) in [5.41, 5.74) is 4.88. The minimum absolute atomic E-state index is 0.0233. The molecule has 0 bridgehead atoms. The Morgan fingerprint density at radius 2 is 2.27 bits per heavy atom. The van der Waals surface area contributed by atoms with Gasteiger partial charge in [0.05, 0.1) is 10.9 Å². The standard InChI is InChI=1S/C17H18N4O/c1-2-21-16(22)13-7-3-4-9-14(13)18-17(21)20-19-15-10-11-6-5-8-12(11)15/h3-7,9,11-12H,2,8,10H2,1H3,(H,18,20)/b19-15-/t11-,12-/m0/s1. The molecule has 0 radical (unpaired) electrons. The van der Waals surface area contributed by atoms with E-state index in [0.29, 0.717) is 35.2 Å². The Morgan fingerprint density at radius 3 is 3.09 bits per heavy atom. The minimum Gasteiger partial charge on any atom is -0.277 e. The van der Waals surface area contributed by atoms with Gasteiger partial charge in [-0.3, -0.25) is 9.36 Å². The van der Waals surface area contributed by atoms with Gasteiger partial charge in [0.1, 0.15) is 0 Å². The fourth-order valence-corrected chi connectivity index (χ4v) is 3.33. The molecule has 5 heteroatoms. The largest absolute Gasteiger partial charge is 0.277 e. The van der Waals surface area contributed by atoms with Gasteiger partial charge in [0.2, 0.25) is 5.95 Å². The Morgan fingerprint density at radius 1 is 1.41 bits per heavy atom. The van der Waals surface area contributed by atoms with E-state index in [2.05, 4.69) is 27.7 Å². The number of fused-ring (bicyclic) bond motifs is 2. The number of aromatic nitrogens is 2. The van der Waals surface area contributed by atoms with Gasteiger partial charge in [-0.2, -0.15) is 5.10 Å². The lowest BCUT2D eigenvalue weighted by molar-refractivity contribution is 0.466. The van der Waals surface area contributed by atoms with Crippen molar-refractivity contribution in [2.45, 2.75) is 26.3 Å². The maximum atomic E-state index is 12.5. The number of nitrogens with one attached hydrogen (secondary N) is 1. The molecule has 1 saturated carbocycles. The second-order valence-corrected chi connectivity index (χ2v) is 5.86. The van der Waals surface area contributed by atoms with Gasteiger partial charge in [0, 0.05) is 18.2 Å². The molecule has 2 aromatic rings. The van der Waals surface area contributed by atoms with Crippen LogP contribution in [0.1, 0.15) is 19.8 Å². The van der Waals surface area contributed by atoms with Crippen molar-refractivity contribution in [1.29, 1.82) is 0 Å². The molecule has 0 aliphatic heterocycles. The molecule has 0 spiro atoms. The van der Waals surface area contributed by atoms with Gasteiger partial charge in [0.15, 0.2) is 0 Å². The van der Waals surface area contributed by atoms with Crippen LogP contribution >= 0.6 is 0 Å². The highest BCUT2D eigenvalue weighted by atomic mass is 16.1. The quantitative estimate of drug-likeness (QED) is 0.699. The number of benzene rings is 1. The zero-order valence-corrected chi connectivity index (χ0v) is 12.5. The highest BCUT2D eigenvalue weighted by Crippen LogP contribution is 2.40. The molecule has 5 nitrogen and oxygen atoms in total. The van der Waals surface area contributed by atoms with E-state index < -0.39 is 0 Å². The molecule has 22 heavy (non-hydrogen) atoms. The average molecular weight is 294 g/mol. The fourth-order valence-electron chi connectivity index (χ4n) is 3.33. The molecular formula is C17H18N4O. The van der Waals surface area contributed by atoms with Gasteiger partial charge >= 0.3 is 0 Å². The van der Waals surface area contributed by atoms with Crippen LogP contribution < -0.4 is 11.0 Å². The molecule has 1 fully saturated rings. The molecule has 4 rings (SSSR count). The molecule has 112 valence electrons. The van der Waals surface area contributed by atoms with E-state index in [1.807, 2.05) is 31.2 Å². The molecule has 1 aromatic heterocycles. The highest BCUT2D eigenvalue weighted by Gasteiger charge is 2.37. The van der Waals surface area contributed by atoms with E-state index in [0.717, 1.165) is 12.8 Å². The summed E-state index contributed by atoms with van der Waals surface area (Å²) in [7, 11) is 0. The van der Waals surface area contributed by atoms with Crippen molar-refractivity contribution in [2.24, 2.45) is 16.9 Å². The number of anilines is 1. The predicted octanol–water partition coefficient (Wildman–Crippen LogP) is 2.78. The molecular weight excluding hydrogens is 276 g/mol. The minimum atomic E-state index is -0.0233. The lowest BCUT2D eigenvalue weighted by Crippen LogP contribution is -2.34. The van der Waals surface area contributed by atoms with Crippen LogP contribution in [-0.2, 0) is 6.54 Å². The second-order valence-electron chi connectivity index (χ2n) is 5.86. The second kappa shape index (κ2) is 5.09. The van der Waals surface area contributed by atoms with Gasteiger partial charge in [0.25, 0.3) is 5.56 Å². The number of allylic oxidation sites excluding steroid dienone is 2. The van der Waals surface area contributed by atoms with Crippen molar-refractivity contribution < 1.29 is 0 Å². The molecule has 2 atom stereocenters. The Hall–Kier alpha value is -2.43. The van der Waals surface area contributed by atoms with Crippen LogP contribution in [0.3, 0.4) is 0 Å². The van der Waals surface area contributed by atoms with Gasteiger partial charge in [-0.25, -0.2) is 10.4 Å². The summed E-state index contributed by atoms with van der Waals surface area (Å²) in [5.74, 6) is 1.74. The van der Waals surface area contributed by atoms with E-state index in [9.17, 15) is 4.79 Å². The number of hydrogen-bond acceptors (Lipinski definition) is 4. The summed E-state index contributed by atoms with van der Waals surface area (Å²) in [4.78, 5) is 17.1. The Balaban J connectivity index is 1.69. The maximum absolute atomic E-state index is 12.5. The summed E-state index contributed by atoms with van der Waals surface area (Å²) >= 11 is 0. The van der Waals surface area contributed by atoms with Crippen LogP contribution in [0.4, 0.5) is 5.95 Å². The summed E-state index contributed by atoms with van der Waals surface area (Å²) in [6, 6.07) is 7.42. The maximum Gasteiger partial charge on any atom is 0.262 e. The first-order valence-electron chi connectivity index (χ1n) is 7.76. The first kappa shape index (κ1) is 13.2. The normalized spacial score (nSPS) is 24.5. The fraction of sp³-hybridized carbons (Fsp3) is 0.353. The van der Waals surface area contributed by atoms with E-state index in [-0.39, 0.29) is 5.56 Å². The lowest BCUT2D eigenvalue weighted by Gasteiger charge is -2.31. The lowest BCUT2D eigenvalue weighted by atomic mass is 9.74. The van der Waals surface area contributed by atoms with E-state index in [1.54, 1.807) is 4.57 Å². The topological polar surface area (TPSA) is 59.3 Å².